The first-order valence-corrected chi connectivity index (χ1v) is 6.13. The molecule has 0 saturated heterocycles. The van der Waals surface area contributed by atoms with E-state index in [-0.39, 0.29) is 17.7 Å². The third kappa shape index (κ3) is 4.59. The van der Waals surface area contributed by atoms with Crippen LogP contribution in [0.15, 0.2) is 18.2 Å². The van der Waals surface area contributed by atoms with Crippen LogP contribution in [0.4, 0.5) is 8.78 Å². The van der Waals surface area contributed by atoms with Crippen molar-refractivity contribution in [1.82, 2.24) is 4.90 Å². The lowest BCUT2D eigenvalue weighted by molar-refractivity contribution is -0.130. The fraction of sp³-hybridized carbons (Fsp3) is 0.500. The molecule has 2 N–H and O–H groups in total. The van der Waals surface area contributed by atoms with Crippen LogP contribution in [-0.4, -0.2) is 30.9 Å². The maximum Gasteiger partial charge on any atom is 0.226 e. The van der Waals surface area contributed by atoms with E-state index in [2.05, 4.69) is 0 Å². The normalized spacial score (nSPS) is 11.5. The molecule has 0 spiro atoms. The zero-order valence-corrected chi connectivity index (χ0v) is 11.5. The van der Waals surface area contributed by atoms with Gasteiger partial charge in [0.25, 0.3) is 0 Å². The van der Waals surface area contributed by atoms with E-state index in [1.54, 1.807) is 11.9 Å². The van der Waals surface area contributed by atoms with Crippen molar-refractivity contribution in [3.05, 3.63) is 35.4 Å². The molecule has 0 heterocycles. The number of hydrogen-bond donors (Lipinski definition) is 1. The Morgan fingerprint density at radius 2 is 1.95 bits per heavy atom. The highest BCUT2D eigenvalue weighted by Crippen LogP contribution is 2.15. The molecule has 106 valence electrons. The van der Waals surface area contributed by atoms with Crippen molar-refractivity contribution in [2.24, 2.45) is 11.1 Å². The molecule has 0 saturated carbocycles. The van der Waals surface area contributed by atoms with Crippen LogP contribution in [-0.2, 0) is 11.2 Å². The molecular formula is C14H20F2N2O. The molecule has 0 fully saturated rings. The number of halogens is 2. The van der Waals surface area contributed by atoms with E-state index in [0.29, 0.717) is 18.7 Å². The lowest BCUT2D eigenvalue weighted by atomic mass is 9.93. The topological polar surface area (TPSA) is 46.3 Å². The molecule has 1 aromatic rings. The van der Waals surface area contributed by atoms with E-state index in [9.17, 15) is 13.6 Å². The molecular weight excluding hydrogens is 250 g/mol. The number of rotatable bonds is 5. The van der Waals surface area contributed by atoms with Crippen LogP contribution in [0.25, 0.3) is 0 Å². The zero-order chi connectivity index (χ0) is 14.6. The van der Waals surface area contributed by atoms with Gasteiger partial charge in [-0.15, -0.1) is 0 Å². The molecule has 3 nitrogen and oxygen atoms in total. The highest BCUT2D eigenvalue weighted by atomic mass is 19.2. The Morgan fingerprint density at radius 1 is 1.32 bits per heavy atom. The van der Waals surface area contributed by atoms with Crippen molar-refractivity contribution in [3.63, 3.8) is 0 Å². The van der Waals surface area contributed by atoms with Gasteiger partial charge in [-0.05, 0) is 29.7 Å². The molecule has 1 aromatic carbocycles. The second-order valence-corrected chi connectivity index (χ2v) is 5.54. The molecule has 0 radical (unpaired) electrons. The summed E-state index contributed by atoms with van der Waals surface area (Å²) in [5, 5.41) is 0. The number of hydrogen-bond acceptors (Lipinski definition) is 2. The summed E-state index contributed by atoms with van der Waals surface area (Å²) in [7, 11) is 1.68. The Morgan fingerprint density at radius 3 is 2.47 bits per heavy atom. The number of benzene rings is 1. The predicted molar refractivity (Wildman–Crippen MR) is 70.5 cm³/mol. The summed E-state index contributed by atoms with van der Waals surface area (Å²) in [6, 6.07) is 3.50. The van der Waals surface area contributed by atoms with Gasteiger partial charge in [-0.2, -0.15) is 0 Å². The van der Waals surface area contributed by atoms with Crippen LogP contribution in [0.5, 0.6) is 0 Å². The van der Waals surface area contributed by atoms with Crippen LogP contribution in [0.2, 0.25) is 0 Å². The van der Waals surface area contributed by atoms with Crippen LogP contribution in [0, 0.1) is 17.0 Å². The van der Waals surface area contributed by atoms with E-state index in [0.717, 1.165) is 12.1 Å². The van der Waals surface area contributed by atoms with Crippen LogP contribution < -0.4 is 5.73 Å². The summed E-state index contributed by atoms with van der Waals surface area (Å²) in [4.78, 5) is 13.5. The van der Waals surface area contributed by atoms with Crippen molar-refractivity contribution in [3.8, 4) is 0 Å². The number of nitrogens with two attached hydrogens (primary N) is 1. The standard InChI is InChI=1S/C14H20F2N2O/c1-14(2,8-17)9-18(3)13(19)7-10-4-5-11(15)12(16)6-10/h4-6H,7-9,17H2,1-3H3. The molecule has 0 aromatic heterocycles. The second-order valence-electron chi connectivity index (χ2n) is 5.54. The van der Waals surface area contributed by atoms with Gasteiger partial charge in [0.05, 0.1) is 6.42 Å². The Kier molecular flexibility index (Phi) is 5.00. The third-order valence-electron chi connectivity index (χ3n) is 2.98. The van der Waals surface area contributed by atoms with Gasteiger partial charge in [-0.1, -0.05) is 19.9 Å². The first kappa shape index (κ1) is 15.6. The first-order chi connectivity index (χ1) is 8.75. The molecule has 0 bridgehead atoms. The molecule has 5 heteroatoms. The molecule has 0 aliphatic rings. The van der Waals surface area contributed by atoms with Gasteiger partial charge in [0.2, 0.25) is 5.91 Å². The monoisotopic (exact) mass is 270 g/mol. The fourth-order valence-electron chi connectivity index (χ4n) is 1.75. The fourth-order valence-corrected chi connectivity index (χ4v) is 1.75. The summed E-state index contributed by atoms with van der Waals surface area (Å²) in [5.74, 6) is -1.99. The maximum atomic E-state index is 13.0. The lowest BCUT2D eigenvalue weighted by Gasteiger charge is -2.29. The van der Waals surface area contributed by atoms with E-state index < -0.39 is 11.6 Å². The van der Waals surface area contributed by atoms with Crippen LogP contribution in [0.1, 0.15) is 19.4 Å². The minimum Gasteiger partial charge on any atom is -0.345 e. The number of carbonyl (C=O) groups excluding carboxylic acids is 1. The van der Waals surface area contributed by atoms with E-state index in [4.69, 9.17) is 5.73 Å². The number of nitrogens with zero attached hydrogens (tertiary/aromatic N) is 1. The highest BCUT2D eigenvalue weighted by molar-refractivity contribution is 5.78. The lowest BCUT2D eigenvalue weighted by Crippen LogP contribution is -2.40. The summed E-state index contributed by atoms with van der Waals surface area (Å²) >= 11 is 0. The molecule has 0 aliphatic carbocycles. The zero-order valence-electron chi connectivity index (χ0n) is 11.5. The molecule has 1 rings (SSSR count). The average Bonchev–Trinajstić information content (AvgIpc) is 2.33. The van der Waals surface area contributed by atoms with Gasteiger partial charge in [-0.3, -0.25) is 4.79 Å². The smallest absolute Gasteiger partial charge is 0.226 e. The third-order valence-corrected chi connectivity index (χ3v) is 2.98. The van der Waals surface area contributed by atoms with E-state index in [1.807, 2.05) is 13.8 Å². The van der Waals surface area contributed by atoms with Crippen LogP contribution >= 0.6 is 0 Å². The largest absolute Gasteiger partial charge is 0.345 e. The number of likely N-dealkylation sites (N-methyl/N-ethyl adjacent to an activating group) is 1. The van der Waals surface area contributed by atoms with Crippen molar-refractivity contribution >= 4 is 5.91 Å². The highest BCUT2D eigenvalue weighted by Gasteiger charge is 2.21. The number of amides is 1. The van der Waals surface area contributed by atoms with E-state index >= 15 is 0 Å². The van der Waals surface area contributed by atoms with E-state index in [1.165, 1.54) is 6.07 Å². The van der Waals surface area contributed by atoms with Crippen molar-refractivity contribution in [2.75, 3.05) is 20.1 Å². The predicted octanol–water partition coefficient (Wildman–Crippen LogP) is 1.95. The SMILES string of the molecule is CN(CC(C)(C)CN)C(=O)Cc1ccc(F)c(F)c1. The first-order valence-electron chi connectivity index (χ1n) is 6.13. The summed E-state index contributed by atoms with van der Waals surface area (Å²) in [6.45, 7) is 4.92. The van der Waals surface area contributed by atoms with Crippen molar-refractivity contribution in [2.45, 2.75) is 20.3 Å². The Balaban J connectivity index is 2.66. The quantitative estimate of drug-likeness (QED) is 0.889. The Hall–Kier alpha value is -1.49. The van der Waals surface area contributed by atoms with Gasteiger partial charge in [0, 0.05) is 13.6 Å². The molecule has 1 amide bonds. The molecule has 19 heavy (non-hydrogen) atoms. The van der Waals surface area contributed by atoms with Crippen molar-refractivity contribution < 1.29 is 13.6 Å². The average molecular weight is 270 g/mol. The number of carbonyl (C=O) groups is 1. The molecule has 0 aliphatic heterocycles. The van der Waals surface area contributed by atoms with Crippen molar-refractivity contribution in [1.29, 1.82) is 0 Å². The Labute approximate surface area is 112 Å². The summed E-state index contributed by atoms with van der Waals surface area (Å²) < 4.78 is 25.8. The second kappa shape index (κ2) is 6.10. The Bertz CT molecular complexity index is 461. The summed E-state index contributed by atoms with van der Waals surface area (Å²) in [6.07, 6.45) is 0.0500. The minimum absolute atomic E-state index is 0.0500. The van der Waals surface area contributed by atoms with Crippen LogP contribution in [0.3, 0.4) is 0 Å². The van der Waals surface area contributed by atoms with Gasteiger partial charge >= 0.3 is 0 Å². The van der Waals surface area contributed by atoms with Gasteiger partial charge in [0.1, 0.15) is 0 Å². The van der Waals surface area contributed by atoms with Gasteiger partial charge in [0.15, 0.2) is 11.6 Å². The maximum absolute atomic E-state index is 13.0. The summed E-state index contributed by atoms with van der Waals surface area (Å²) in [5.41, 5.74) is 5.91. The van der Waals surface area contributed by atoms with Gasteiger partial charge in [-0.25, -0.2) is 8.78 Å². The minimum atomic E-state index is -0.935. The molecule has 0 atom stereocenters. The van der Waals surface area contributed by atoms with Gasteiger partial charge < -0.3 is 10.6 Å². The molecule has 0 unspecified atom stereocenters.